The number of rotatable bonds is 6. The Morgan fingerprint density at radius 3 is 2.13 bits per heavy atom. The van der Waals surface area contributed by atoms with E-state index < -0.39 is 18.3 Å². The lowest BCUT2D eigenvalue weighted by Crippen LogP contribution is -2.54. The van der Waals surface area contributed by atoms with Crippen LogP contribution in [0.2, 0.25) is 0 Å². The number of hydrogen-bond acceptors (Lipinski definition) is 2. The normalized spacial score (nSPS) is 16.8. The van der Waals surface area contributed by atoms with Crippen LogP contribution in [-0.4, -0.2) is 36.8 Å². The van der Waals surface area contributed by atoms with Gasteiger partial charge in [0.25, 0.3) is 0 Å². The second-order valence-electron chi connectivity index (χ2n) is 3.89. The molecule has 0 saturated carbocycles. The van der Waals surface area contributed by atoms with Crippen LogP contribution in [0.25, 0.3) is 0 Å². The van der Waals surface area contributed by atoms with Gasteiger partial charge in [-0.05, 0) is 26.4 Å². The Kier molecular flexibility index (Phi) is 6.20. The summed E-state index contributed by atoms with van der Waals surface area (Å²) in [6, 6.07) is -2.36. The third kappa shape index (κ3) is 4.84. The molecule has 0 fully saturated rings. The van der Waals surface area contributed by atoms with Crippen LogP contribution in [0.1, 0.15) is 33.1 Å². The van der Waals surface area contributed by atoms with Crippen molar-refractivity contribution in [2.24, 2.45) is 5.73 Å². The number of unbranched alkanes of at least 4 members (excludes halogenated alkanes) is 1. The lowest BCUT2D eigenvalue weighted by molar-refractivity contribution is -0.186. The molecule has 0 heterocycles. The lowest BCUT2D eigenvalue weighted by atomic mass is 10.0. The highest BCUT2D eigenvalue weighted by molar-refractivity contribution is 4.85. The molecule has 0 amide bonds. The molecule has 0 bridgehead atoms. The molecule has 2 nitrogen and oxygen atoms in total. The molecule has 2 N–H and O–H groups in total. The second kappa shape index (κ2) is 6.33. The summed E-state index contributed by atoms with van der Waals surface area (Å²) in [5.74, 6) is 0. The summed E-state index contributed by atoms with van der Waals surface area (Å²) in [6.45, 7) is 4.07. The van der Waals surface area contributed by atoms with Gasteiger partial charge < -0.3 is 5.73 Å². The molecule has 15 heavy (non-hydrogen) atoms. The molecular formula is C10H21F3N2. The average Bonchev–Trinajstić information content (AvgIpc) is 2.12. The van der Waals surface area contributed by atoms with Crippen molar-refractivity contribution in [3.05, 3.63) is 0 Å². The Labute approximate surface area is 89.6 Å². The van der Waals surface area contributed by atoms with Gasteiger partial charge in [-0.3, -0.25) is 4.90 Å². The molecule has 0 aliphatic heterocycles. The quantitative estimate of drug-likeness (QED) is 0.753. The number of alkyl halides is 3. The number of nitrogens with zero attached hydrogens (tertiary/aromatic N) is 1. The molecule has 0 aliphatic carbocycles. The molecule has 92 valence electrons. The predicted octanol–water partition coefficient (Wildman–Crippen LogP) is 2.39. The summed E-state index contributed by atoms with van der Waals surface area (Å²) in [6.07, 6.45) is -2.26. The molecular weight excluding hydrogens is 205 g/mol. The van der Waals surface area contributed by atoms with Crippen molar-refractivity contribution in [1.29, 1.82) is 0 Å². The van der Waals surface area contributed by atoms with Gasteiger partial charge in [-0.2, -0.15) is 13.2 Å². The van der Waals surface area contributed by atoms with Crippen LogP contribution in [0.15, 0.2) is 0 Å². The highest BCUT2D eigenvalue weighted by atomic mass is 19.4. The zero-order valence-corrected chi connectivity index (χ0v) is 9.64. The maximum Gasteiger partial charge on any atom is 0.405 e. The minimum Gasteiger partial charge on any atom is -0.326 e. The Balaban J connectivity index is 4.48. The number of halogens is 3. The minimum absolute atomic E-state index is 0.334. The Morgan fingerprint density at radius 1 is 1.27 bits per heavy atom. The van der Waals surface area contributed by atoms with Gasteiger partial charge in [0.1, 0.15) is 6.04 Å². The van der Waals surface area contributed by atoms with Crippen LogP contribution in [0.5, 0.6) is 0 Å². The highest BCUT2D eigenvalue weighted by Gasteiger charge is 2.45. The first-order chi connectivity index (χ1) is 6.84. The summed E-state index contributed by atoms with van der Waals surface area (Å²) in [4.78, 5) is 1.32. The van der Waals surface area contributed by atoms with E-state index in [9.17, 15) is 13.2 Å². The van der Waals surface area contributed by atoms with Gasteiger partial charge in [0, 0.05) is 6.04 Å². The van der Waals surface area contributed by atoms with E-state index in [1.807, 2.05) is 6.92 Å². The Morgan fingerprint density at radius 2 is 1.80 bits per heavy atom. The van der Waals surface area contributed by atoms with Crippen molar-refractivity contribution in [2.45, 2.75) is 51.4 Å². The maximum atomic E-state index is 12.7. The van der Waals surface area contributed by atoms with E-state index in [0.717, 1.165) is 12.8 Å². The van der Waals surface area contributed by atoms with Crippen molar-refractivity contribution in [2.75, 3.05) is 13.6 Å². The summed E-state index contributed by atoms with van der Waals surface area (Å²) in [5, 5.41) is 0. The molecule has 0 aromatic carbocycles. The third-order valence-electron chi connectivity index (χ3n) is 2.55. The van der Waals surface area contributed by atoms with E-state index in [-0.39, 0.29) is 0 Å². The second-order valence-corrected chi connectivity index (χ2v) is 3.89. The van der Waals surface area contributed by atoms with Gasteiger partial charge in [-0.15, -0.1) is 0 Å². The van der Waals surface area contributed by atoms with Crippen molar-refractivity contribution >= 4 is 0 Å². The average molecular weight is 226 g/mol. The first-order valence-electron chi connectivity index (χ1n) is 5.37. The van der Waals surface area contributed by atoms with Gasteiger partial charge >= 0.3 is 6.18 Å². The van der Waals surface area contributed by atoms with E-state index in [1.54, 1.807) is 6.92 Å². The van der Waals surface area contributed by atoms with E-state index in [1.165, 1.54) is 11.9 Å². The van der Waals surface area contributed by atoms with E-state index in [2.05, 4.69) is 0 Å². The summed E-state index contributed by atoms with van der Waals surface area (Å²) in [7, 11) is 1.49. The molecule has 0 rings (SSSR count). The van der Waals surface area contributed by atoms with E-state index in [0.29, 0.717) is 13.0 Å². The first kappa shape index (κ1) is 14.7. The summed E-state index contributed by atoms with van der Waals surface area (Å²) < 4.78 is 38.1. The predicted molar refractivity (Wildman–Crippen MR) is 55.6 cm³/mol. The van der Waals surface area contributed by atoms with Crippen LogP contribution < -0.4 is 5.73 Å². The zero-order valence-electron chi connectivity index (χ0n) is 9.64. The fourth-order valence-electron chi connectivity index (χ4n) is 1.59. The van der Waals surface area contributed by atoms with Crippen molar-refractivity contribution in [1.82, 2.24) is 4.90 Å². The monoisotopic (exact) mass is 226 g/mol. The molecule has 0 aromatic heterocycles. The molecule has 0 aliphatic rings. The van der Waals surface area contributed by atoms with Crippen molar-refractivity contribution in [3.8, 4) is 0 Å². The van der Waals surface area contributed by atoms with Crippen LogP contribution in [-0.2, 0) is 0 Å². The van der Waals surface area contributed by atoms with Crippen LogP contribution in [0, 0.1) is 0 Å². The number of nitrogens with two attached hydrogens (primary N) is 1. The maximum absolute atomic E-state index is 12.7. The standard InChI is InChI=1S/C10H21F3N2/c1-4-6-7-15(3)9(8(14)5-2)10(11,12)13/h8-9H,4-7,14H2,1-3H3. The van der Waals surface area contributed by atoms with E-state index >= 15 is 0 Å². The topological polar surface area (TPSA) is 29.3 Å². The van der Waals surface area contributed by atoms with Crippen LogP contribution >= 0.6 is 0 Å². The molecule has 0 saturated heterocycles. The Hall–Kier alpha value is -0.290. The first-order valence-corrected chi connectivity index (χ1v) is 5.37. The SMILES string of the molecule is CCCCN(C)C(C(N)CC)C(F)(F)F. The van der Waals surface area contributed by atoms with Gasteiger partial charge in [-0.25, -0.2) is 0 Å². The molecule has 2 atom stereocenters. The van der Waals surface area contributed by atoms with Crippen molar-refractivity contribution < 1.29 is 13.2 Å². The molecule has 0 radical (unpaired) electrons. The summed E-state index contributed by atoms with van der Waals surface area (Å²) in [5.41, 5.74) is 5.51. The van der Waals surface area contributed by atoms with Crippen LogP contribution in [0.4, 0.5) is 13.2 Å². The van der Waals surface area contributed by atoms with E-state index in [4.69, 9.17) is 5.73 Å². The summed E-state index contributed by atoms with van der Waals surface area (Å²) >= 11 is 0. The fraction of sp³-hybridized carbons (Fsp3) is 1.00. The largest absolute Gasteiger partial charge is 0.405 e. The third-order valence-corrected chi connectivity index (χ3v) is 2.55. The lowest BCUT2D eigenvalue weighted by Gasteiger charge is -2.33. The molecule has 5 heteroatoms. The molecule has 0 aromatic rings. The molecule has 2 unspecified atom stereocenters. The van der Waals surface area contributed by atoms with Gasteiger partial charge in [0.15, 0.2) is 0 Å². The molecule has 0 spiro atoms. The number of hydrogen-bond donors (Lipinski definition) is 1. The van der Waals surface area contributed by atoms with Gasteiger partial charge in [-0.1, -0.05) is 20.3 Å². The van der Waals surface area contributed by atoms with Crippen molar-refractivity contribution in [3.63, 3.8) is 0 Å². The Bertz CT molecular complexity index is 171. The zero-order chi connectivity index (χ0) is 12.1. The minimum atomic E-state index is -4.24. The van der Waals surface area contributed by atoms with Crippen LogP contribution in [0.3, 0.4) is 0 Å². The highest BCUT2D eigenvalue weighted by Crippen LogP contribution is 2.27. The van der Waals surface area contributed by atoms with Gasteiger partial charge in [0.05, 0.1) is 0 Å². The van der Waals surface area contributed by atoms with Gasteiger partial charge in [0.2, 0.25) is 0 Å². The number of likely N-dealkylation sites (N-methyl/N-ethyl adjacent to an activating group) is 1. The fourth-order valence-corrected chi connectivity index (χ4v) is 1.59. The smallest absolute Gasteiger partial charge is 0.326 e.